The van der Waals surface area contributed by atoms with Crippen molar-refractivity contribution in [3.63, 3.8) is 0 Å². The van der Waals surface area contributed by atoms with E-state index in [0.29, 0.717) is 26.3 Å². The summed E-state index contributed by atoms with van der Waals surface area (Å²) < 4.78 is 5.18. The van der Waals surface area contributed by atoms with Crippen molar-refractivity contribution in [3.8, 4) is 0 Å². The fourth-order valence-electron chi connectivity index (χ4n) is 1.60. The maximum Gasteiger partial charge on any atom is 0.245 e. The molecule has 3 N–H and O–H groups in total. The quantitative estimate of drug-likeness (QED) is 0.749. The smallest absolute Gasteiger partial charge is 0.245 e. The van der Waals surface area contributed by atoms with Crippen LogP contribution in [0.1, 0.15) is 20.8 Å². The van der Waals surface area contributed by atoms with E-state index < -0.39 is 11.5 Å². The molecule has 1 rings (SSSR count). The molecule has 19 heavy (non-hydrogen) atoms. The molecule has 1 saturated heterocycles. The van der Waals surface area contributed by atoms with Crippen LogP contribution >= 0.6 is 12.4 Å². The number of halogens is 1. The van der Waals surface area contributed by atoms with Gasteiger partial charge < -0.3 is 20.7 Å². The highest BCUT2D eigenvalue weighted by atomic mass is 35.5. The number of rotatable bonds is 4. The van der Waals surface area contributed by atoms with Gasteiger partial charge in [-0.3, -0.25) is 9.59 Å². The first-order valence-electron chi connectivity index (χ1n) is 6.26. The molecule has 0 aromatic heterocycles. The van der Waals surface area contributed by atoms with Crippen LogP contribution < -0.4 is 11.1 Å². The van der Waals surface area contributed by atoms with Crippen LogP contribution in [0.15, 0.2) is 0 Å². The van der Waals surface area contributed by atoms with Crippen molar-refractivity contribution in [2.24, 2.45) is 11.1 Å². The van der Waals surface area contributed by atoms with Crippen molar-refractivity contribution in [3.05, 3.63) is 0 Å². The summed E-state index contributed by atoms with van der Waals surface area (Å²) in [5.74, 6) is -0.265. The Balaban J connectivity index is 0.00000324. The van der Waals surface area contributed by atoms with Gasteiger partial charge in [-0.05, 0) is 20.8 Å². The van der Waals surface area contributed by atoms with Gasteiger partial charge in [-0.25, -0.2) is 0 Å². The Bertz CT molecular complexity index is 317. The number of nitrogens with one attached hydrogen (secondary N) is 1. The minimum atomic E-state index is -0.653. The molecule has 7 heteroatoms. The van der Waals surface area contributed by atoms with Gasteiger partial charge in [0.05, 0.1) is 18.6 Å². The number of carbonyl (C=O) groups is 2. The van der Waals surface area contributed by atoms with Crippen molar-refractivity contribution < 1.29 is 14.3 Å². The van der Waals surface area contributed by atoms with Crippen LogP contribution in [0.2, 0.25) is 0 Å². The Morgan fingerprint density at radius 1 is 1.37 bits per heavy atom. The van der Waals surface area contributed by atoms with E-state index in [2.05, 4.69) is 5.32 Å². The van der Waals surface area contributed by atoms with E-state index in [1.807, 2.05) is 0 Å². The van der Waals surface area contributed by atoms with Crippen LogP contribution in [0.3, 0.4) is 0 Å². The second-order valence-corrected chi connectivity index (χ2v) is 5.22. The van der Waals surface area contributed by atoms with E-state index in [4.69, 9.17) is 10.5 Å². The Hall–Kier alpha value is -0.850. The molecule has 2 amide bonds. The molecule has 1 fully saturated rings. The van der Waals surface area contributed by atoms with E-state index in [-0.39, 0.29) is 30.8 Å². The molecule has 1 aliphatic rings. The van der Waals surface area contributed by atoms with Crippen molar-refractivity contribution in [1.82, 2.24) is 10.2 Å². The first-order valence-corrected chi connectivity index (χ1v) is 6.26. The van der Waals surface area contributed by atoms with Crippen molar-refractivity contribution in [2.75, 3.05) is 32.8 Å². The molecule has 0 spiro atoms. The zero-order chi connectivity index (χ0) is 13.8. The van der Waals surface area contributed by atoms with Gasteiger partial charge in [-0.1, -0.05) is 0 Å². The van der Waals surface area contributed by atoms with Gasteiger partial charge in [-0.15, -0.1) is 12.4 Å². The van der Waals surface area contributed by atoms with E-state index in [9.17, 15) is 9.59 Å². The summed E-state index contributed by atoms with van der Waals surface area (Å²) in [5, 5.41) is 2.72. The zero-order valence-corrected chi connectivity index (χ0v) is 12.6. The van der Waals surface area contributed by atoms with Gasteiger partial charge in [0, 0.05) is 19.6 Å². The van der Waals surface area contributed by atoms with E-state index >= 15 is 0 Å². The average molecular weight is 294 g/mol. The van der Waals surface area contributed by atoms with Gasteiger partial charge >= 0.3 is 0 Å². The van der Waals surface area contributed by atoms with E-state index in [0.717, 1.165) is 0 Å². The minimum Gasteiger partial charge on any atom is -0.378 e. The summed E-state index contributed by atoms with van der Waals surface area (Å²) in [6, 6.07) is -0.526. The number of morpholine rings is 1. The summed E-state index contributed by atoms with van der Waals surface area (Å²) >= 11 is 0. The first kappa shape index (κ1) is 18.1. The van der Waals surface area contributed by atoms with Crippen LogP contribution in [0.4, 0.5) is 0 Å². The average Bonchev–Trinajstić information content (AvgIpc) is 2.38. The lowest BCUT2D eigenvalue weighted by molar-refractivity contribution is -0.141. The number of nitrogens with zero attached hydrogens (tertiary/aromatic N) is 1. The molecule has 0 radical (unpaired) electrons. The monoisotopic (exact) mass is 293 g/mol. The molecule has 0 aliphatic carbocycles. The molecule has 1 atom stereocenters. The zero-order valence-electron chi connectivity index (χ0n) is 11.8. The van der Waals surface area contributed by atoms with Gasteiger partial charge in [0.25, 0.3) is 0 Å². The molecule has 1 unspecified atom stereocenters. The lowest BCUT2D eigenvalue weighted by Crippen LogP contribution is -2.53. The third-order valence-corrected chi connectivity index (χ3v) is 3.17. The Labute approximate surface area is 120 Å². The molecule has 0 aromatic carbocycles. The minimum absolute atomic E-state index is 0. The second-order valence-electron chi connectivity index (χ2n) is 5.22. The van der Waals surface area contributed by atoms with E-state index in [1.54, 1.807) is 25.7 Å². The molecule has 0 saturated carbocycles. The lowest BCUT2D eigenvalue weighted by Gasteiger charge is -2.31. The normalized spacial score (nSPS) is 17.4. The summed E-state index contributed by atoms with van der Waals surface area (Å²) in [6.45, 7) is 7.74. The summed E-state index contributed by atoms with van der Waals surface area (Å²) in [7, 11) is 0. The Morgan fingerprint density at radius 2 is 1.89 bits per heavy atom. The highest BCUT2D eigenvalue weighted by molar-refractivity contribution is 5.89. The molecule has 1 heterocycles. The second kappa shape index (κ2) is 7.67. The molecular weight excluding hydrogens is 270 g/mol. The molecule has 112 valence electrons. The van der Waals surface area contributed by atoms with Crippen LogP contribution in [0.25, 0.3) is 0 Å². The number of carbonyl (C=O) groups excluding carboxylic acids is 2. The van der Waals surface area contributed by atoms with Gasteiger partial charge in [0.15, 0.2) is 0 Å². The number of ether oxygens (including phenoxy) is 1. The topological polar surface area (TPSA) is 84.7 Å². The number of nitrogens with two attached hydrogens (primary N) is 1. The summed E-state index contributed by atoms with van der Waals surface area (Å²) in [4.78, 5) is 25.7. The highest BCUT2D eigenvalue weighted by Gasteiger charge is 2.30. The third kappa shape index (κ3) is 4.97. The molecular formula is C12H24ClN3O3. The molecule has 1 aliphatic heterocycles. The molecule has 0 bridgehead atoms. The standard InChI is InChI=1S/C12H23N3O3.ClH/c1-9(14-11(17)12(2,3)8-13)10(16)15-4-6-18-7-5-15;/h9H,4-8,13H2,1-3H3,(H,14,17);1H. The van der Waals surface area contributed by atoms with Gasteiger partial charge in [0.2, 0.25) is 11.8 Å². The van der Waals surface area contributed by atoms with Crippen LogP contribution in [-0.2, 0) is 14.3 Å². The SMILES string of the molecule is CC(NC(=O)C(C)(C)CN)C(=O)N1CCOCC1.Cl. The predicted molar refractivity (Wildman–Crippen MR) is 75.1 cm³/mol. The Kier molecular flexibility index (Phi) is 7.33. The van der Waals surface area contributed by atoms with Crippen LogP contribution in [-0.4, -0.2) is 55.6 Å². The molecule has 0 aromatic rings. The fraction of sp³-hybridized carbons (Fsp3) is 0.833. The fourth-order valence-corrected chi connectivity index (χ4v) is 1.60. The number of hydrogen-bond donors (Lipinski definition) is 2. The maximum atomic E-state index is 12.1. The number of hydrogen-bond acceptors (Lipinski definition) is 4. The largest absolute Gasteiger partial charge is 0.378 e. The van der Waals surface area contributed by atoms with Crippen molar-refractivity contribution in [1.29, 1.82) is 0 Å². The van der Waals surface area contributed by atoms with Crippen LogP contribution in [0.5, 0.6) is 0 Å². The first-order chi connectivity index (χ1) is 8.38. The lowest BCUT2D eigenvalue weighted by atomic mass is 9.92. The third-order valence-electron chi connectivity index (χ3n) is 3.17. The van der Waals surface area contributed by atoms with E-state index in [1.165, 1.54) is 0 Å². The Morgan fingerprint density at radius 3 is 2.37 bits per heavy atom. The van der Waals surface area contributed by atoms with Crippen molar-refractivity contribution >= 4 is 24.2 Å². The van der Waals surface area contributed by atoms with Crippen LogP contribution in [0, 0.1) is 5.41 Å². The maximum absolute atomic E-state index is 12.1. The molecule has 6 nitrogen and oxygen atoms in total. The van der Waals surface area contributed by atoms with Gasteiger partial charge in [0.1, 0.15) is 6.04 Å². The van der Waals surface area contributed by atoms with Gasteiger partial charge in [-0.2, -0.15) is 0 Å². The van der Waals surface area contributed by atoms with Crippen molar-refractivity contribution in [2.45, 2.75) is 26.8 Å². The highest BCUT2D eigenvalue weighted by Crippen LogP contribution is 2.13. The number of amides is 2. The summed E-state index contributed by atoms with van der Waals surface area (Å²) in [5.41, 5.74) is 4.88. The summed E-state index contributed by atoms with van der Waals surface area (Å²) in [6.07, 6.45) is 0. The predicted octanol–water partition coefficient (Wildman–Crippen LogP) is -0.243.